The summed E-state index contributed by atoms with van der Waals surface area (Å²) in [5, 5.41) is 0. The van der Waals surface area contributed by atoms with Gasteiger partial charge in [-0.3, -0.25) is 4.79 Å². The standard InChI is InChI=1S/C12H14N2O2S/c1-2-16-11(15)7-8-14-10-6-4-3-5-9(10)13-12(14)17/h3-6H,2,7-8H2,1H3,(H,13,17). The van der Waals surface area contributed by atoms with Crippen molar-refractivity contribution in [2.24, 2.45) is 0 Å². The molecule has 0 aliphatic heterocycles. The topological polar surface area (TPSA) is 47.0 Å². The summed E-state index contributed by atoms with van der Waals surface area (Å²) in [4.78, 5) is 14.4. The molecule has 0 saturated heterocycles. The van der Waals surface area contributed by atoms with Crippen LogP contribution < -0.4 is 0 Å². The molecule has 0 unspecified atom stereocenters. The fourth-order valence-electron chi connectivity index (χ4n) is 1.77. The zero-order chi connectivity index (χ0) is 12.3. The van der Waals surface area contributed by atoms with Gasteiger partial charge in [0.15, 0.2) is 4.77 Å². The Morgan fingerprint density at radius 1 is 1.47 bits per heavy atom. The average Bonchev–Trinajstić information content (AvgIpc) is 2.62. The van der Waals surface area contributed by atoms with Crippen molar-refractivity contribution in [2.75, 3.05) is 6.61 Å². The van der Waals surface area contributed by atoms with Crippen LogP contribution in [-0.2, 0) is 16.1 Å². The van der Waals surface area contributed by atoms with Gasteiger partial charge in [0.25, 0.3) is 0 Å². The molecule has 2 rings (SSSR count). The van der Waals surface area contributed by atoms with E-state index in [1.165, 1.54) is 0 Å². The monoisotopic (exact) mass is 250 g/mol. The lowest BCUT2D eigenvalue weighted by Gasteiger charge is -2.04. The van der Waals surface area contributed by atoms with Gasteiger partial charge in [-0.1, -0.05) is 12.1 Å². The second-order valence-corrected chi connectivity index (χ2v) is 4.04. The number of carbonyl (C=O) groups is 1. The zero-order valence-corrected chi connectivity index (χ0v) is 10.4. The molecule has 1 N–H and O–H groups in total. The number of para-hydroxylation sites is 2. The minimum atomic E-state index is -0.195. The van der Waals surface area contributed by atoms with Crippen molar-refractivity contribution in [1.82, 2.24) is 9.55 Å². The number of benzene rings is 1. The Balaban J connectivity index is 2.21. The summed E-state index contributed by atoms with van der Waals surface area (Å²) in [7, 11) is 0. The molecule has 4 nitrogen and oxygen atoms in total. The lowest BCUT2D eigenvalue weighted by atomic mass is 10.3. The van der Waals surface area contributed by atoms with E-state index in [0.29, 0.717) is 24.3 Å². The minimum absolute atomic E-state index is 0.195. The minimum Gasteiger partial charge on any atom is -0.466 e. The average molecular weight is 250 g/mol. The third-order valence-corrected chi connectivity index (χ3v) is 2.85. The normalized spacial score (nSPS) is 10.6. The fraction of sp³-hybridized carbons (Fsp3) is 0.333. The van der Waals surface area contributed by atoms with Crippen LogP contribution in [0.15, 0.2) is 24.3 Å². The van der Waals surface area contributed by atoms with Crippen LogP contribution in [0.1, 0.15) is 13.3 Å². The molecule has 0 radical (unpaired) electrons. The van der Waals surface area contributed by atoms with Crippen molar-refractivity contribution < 1.29 is 9.53 Å². The Morgan fingerprint density at radius 3 is 3.00 bits per heavy atom. The lowest BCUT2D eigenvalue weighted by molar-refractivity contribution is -0.143. The SMILES string of the molecule is CCOC(=O)CCn1c(=S)[nH]c2ccccc21. The van der Waals surface area contributed by atoms with Gasteiger partial charge in [0, 0.05) is 6.54 Å². The molecule has 1 aromatic carbocycles. The number of aromatic nitrogens is 2. The molecule has 1 aromatic heterocycles. The summed E-state index contributed by atoms with van der Waals surface area (Å²) < 4.78 is 7.45. The number of carbonyl (C=O) groups excluding carboxylic acids is 1. The summed E-state index contributed by atoms with van der Waals surface area (Å²) in [6.45, 7) is 2.76. The van der Waals surface area contributed by atoms with Crippen LogP contribution in [0.4, 0.5) is 0 Å². The number of imidazole rings is 1. The lowest BCUT2D eigenvalue weighted by Crippen LogP contribution is -2.08. The van der Waals surface area contributed by atoms with Crippen molar-refractivity contribution in [2.45, 2.75) is 19.9 Å². The molecule has 2 aromatic rings. The van der Waals surface area contributed by atoms with E-state index in [1.807, 2.05) is 28.8 Å². The number of aromatic amines is 1. The molecule has 5 heteroatoms. The van der Waals surface area contributed by atoms with Gasteiger partial charge in [0.1, 0.15) is 0 Å². The fourth-order valence-corrected chi connectivity index (χ4v) is 2.06. The highest BCUT2D eigenvalue weighted by molar-refractivity contribution is 7.71. The molecule has 17 heavy (non-hydrogen) atoms. The van der Waals surface area contributed by atoms with Crippen LogP contribution in [-0.4, -0.2) is 22.1 Å². The second kappa shape index (κ2) is 5.14. The van der Waals surface area contributed by atoms with Crippen molar-refractivity contribution in [1.29, 1.82) is 0 Å². The molecule has 0 bridgehead atoms. The largest absolute Gasteiger partial charge is 0.466 e. The summed E-state index contributed by atoms with van der Waals surface area (Å²) >= 11 is 5.22. The summed E-state index contributed by atoms with van der Waals surface area (Å²) in [6, 6.07) is 7.84. The first-order valence-electron chi connectivity index (χ1n) is 5.55. The van der Waals surface area contributed by atoms with Gasteiger partial charge in [-0.2, -0.15) is 0 Å². The highest BCUT2D eigenvalue weighted by atomic mass is 32.1. The molecular weight excluding hydrogens is 236 g/mol. The van der Waals surface area contributed by atoms with Gasteiger partial charge in [0.05, 0.1) is 24.1 Å². The smallest absolute Gasteiger partial charge is 0.307 e. The highest BCUT2D eigenvalue weighted by Gasteiger charge is 2.06. The first-order chi connectivity index (χ1) is 8.22. The number of ether oxygens (including phenoxy) is 1. The van der Waals surface area contributed by atoms with Crippen LogP contribution >= 0.6 is 12.2 Å². The number of nitrogens with zero attached hydrogens (tertiary/aromatic N) is 1. The zero-order valence-electron chi connectivity index (χ0n) is 9.60. The van der Waals surface area contributed by atoms with Crippen molar-refractivity contribution in [3.63, 3.8) is 0 Å². The molecule has 90 valence electrons. The number of hydrogen-bond donors (Lipinski definition) is 1. The molecular formula is C12H14N2O2S. The molecule has 0 fully saturated rings. The summed E-state index contributed by atoms with van der Waals surface area (Å²) in [5.41, 5.74) is 2.00. The maximum Gasteiger partial charge on any atom is 0.307 e. The number of nitrogens with one attached hydrogen (secondary N) is 1. The number of aryl methyl sites for hydroxylation is 1. The molecule has 0 saturated carbocycles. The highest BCUT2D eigenvalue weighted by Crippen LogP contribution is 2.13. The third kappa shape index (κ3) is 2.55. The van der Waals surface area contributed by atoms with E-state index in [2.05, 4.69) is 4.98 Å². The van der Waals surface area contributed by atoms with Crippen LogP contribution in [0.5, 0.6) is 0 Å². The van der Waals surface area contributed by atoms with Gasteiger partial charge in [-0.25, -0.2) is 0 Å². The van der Waals surface area contributed by atoms with Crippen molar-refractivity contribution in [3.05, 3.63) is 29.0 Å². The van der Waals surface area contributed by atoms with Crippen LogP contribution in [0.2, 0.25) is 0 Å². The molecule has 0 amide bonds. The first-order valence-corrected chi connectivity index (χ1v) is 5.96. The van der Waals surface area contributed by atoms with E-state index in [4.69, 9.17) is 17.0 Å². The summed E-state index contributed by atoms with van der Waals surface area (Å²) in [5.74, 6) is -0.195. The van der Waals surface area contributed by atoms with Gasteiger partial charge in [-0.15, -0.1) is 0 Å². The molecule has 0 spiro atoms. The number of fused-ring (bicyclic) bond motifs is 1. The molecule has 0 aliphatic rings. The van der Waals surface area contributed by atoms with Crippen LogP contribution in [0.25, 0.3) is 11.0 Å². The van der Waals surface area contributed by atoms with Crippen molar-refractivity contribution in [3.8, 4) is 0 Å². The van der Waals surface area contributed by atoms with Crippen LogP contribution in [0, 0.1) is 4.77 Å². The molecule has 0 atom stereocenters. The number of H-pyrrole nitrogens is 1. The number of esters is 1. The molecule has 0 aliphatic carbocycles. The van der Waals surface area contributed by atoms with E-state index in [-0.39, 0.29) is 5.97 Å². The van der Waals surface area contributed by atoms with E-state index in [9.17, 15) is 4.79 Å². The van der Waals surface area contributed by atoms with Gasteiger partial charge >= 0.3 is 5.97 Å². The Kier molecular flexibility index (Phi) is 3.58. The quantitative estimate of drug-likeness (QED) is 0.670. The van der Waals surface area contributed by atoms with E-state index >= 15 is 0 Å². The number of rotatable bonds is 4. The Hall–Kier alpha value is -1.62. The second-order valence-electron chi connectivity index (χ2n) is 3.65. The Morgan fingerprint density at radius 2 is 2.24 bits per heavy atom. The Bertz CT molecular complexity index is 585. The van der Waals surface area contributed by atoms with E-state index in [0.717, 1.165) is 11.0 Å². The van der Waals surface area contributed by atoms with Crippen LogP contribution in [0.3, 0.4) is 0 Å². The van der Waals surface area contributed by atoms with Gasteiger partial charge < -0.3 is 14.3 Å². The summed E-state index contributed by atoms with van der Waals surface area (Å²) in [6.07, 6.45) is 0.337. The maximum atomic E-state index is 11.3. The van der Waals surface area contributed by atoms with E-state index < -0.39 is 0 Å². The third-order valence-electron chi connectivity index (χ3n) is 2.53. The van der Waals surface area contributed by atoms with E-state index in [1.54, 1.807) is 6.92 Å². The maximum absolute atomic E-state index is 11.3. The van der Waals surface area contributed by atoms with Gasteiger partial charge in [0.2, 0.25) is 0 Å². The predicted molar refractivity (Wildman–Crippen MR) is 68.4 cm³/mol. The predicted octanol–water partition coefficient (Wildman–Crippen LogP) is 2.65. The Labute approximate surface area is 104 Å². The number of hydrogen-bond acceptors (Lipinski definition) is 3. The van der Waals surface area contributed by atoms with Gasteiger partial charge in [-0.05, 0) is 31.3 Å². The first kappa shape index (κ1) is 11.9. The van der Waals surface area contributed by atoms with Crippen molar-refractivity contribution >= 4 is 29.2 Å². The molecule has 1 heterocycles.